The number of fused-ring (bicyclic) bond motifs is 1. The molecule has 0 spiro atoms. The molecule has 3 aliphatic heterocycles. The van der Waals surface area contributed by atoms with Crippen molar-refractivity contribution < 1.29 is 19.1 Å². The number of hydrogen-bond acceptors (Lipinski definition) is 6. The Morgan fingerprint density at radius 1 is 1.16 bits per heavy atom. The van der Waals surface area contributed by atoms with Crippen LogP contribution in [0.5, 0.6) is 5.75 Å². The summed E-state index contributed by atoms with van der Waals surface area (Å²) in [5.41, 5.74) is 2.62. The van der Waals surface area contributed by atoms with Gasteiger partial charge in [0.2, 0.25) is 11.8 Å². The molecule has 32 heavy (non-hydrogen) atoms. The zero-order valence-corrected chi connectivity index (χ0v) is 17.9. The fourth-order valence-corrected chi connectivity index (χ4v) is 4.89. The molecule has 4 heterocycles. The van der Waals surface area contributed by atoms with Crippen LogP contribution in [0.1, 0.15) is 53.6 Å². The maximum Gasteiger partial charge on any atom is 0.255 e. The molecule has 2 atom stereocenters. The standard InChI is InChI=1S/C23H27N5O4/c29-21-7-6-20(22(30)26-21)28-13-16-9-18(4-5-19(16)23(28)31)32-14-17-3-1-2-8-27(17)12-15-10-24-25-11-15/h4-5,9-11,17,20H,1-3,6-8,12-14H2,(H,24,25)(H,26,29,30)/t17-,20?/m0/s1. The molecule has 2 fully saturated rings. The van der Waals surface area contributed by atoms with Crippen LogP contribution in [0, 0.1) is 0 Å². The van der Waals surface area contributed by atoms with Gasteiger partial charge in [0.1, 0.15) is 18.4 Å². The highest BCUT2D eigenvalue weighted by molar-refractivity contribution is 6.05. The number of piperidine rings is 2. The quantitative estimate of drug-likeness (QED) is 0.665. The van der Waals surface area contributed by atoms with E-state index in [0.717, 1.165) is 30.8 Å². The molecular weight excluding hydrogens is 410 g/mol. The van der Waals surface area contributed by atoms with Crippen molar-refractivity contribution in [2.24, 2.45) is 0 Å². The SMILES string of the molecule is O=C1CCC(N2Cc3cc(OC[C@@H]4CCCCN4Cc4cn[nH]c4)ccc3C2=O)C(=O)N1. The summed E-state index contributed by atoms with van der Waals surface area (Å²) in [6.07, 6.45) is 7.87. The zero-order chi connectivity index (χ0) is 22.1. The maximum absolute atomic E-state index is 12.8. The zero-order valence-electron chi connectivity index (χ0n) is 17.9. The number of hydrogen-bond donors (Lipinski definition) is 2. The van der Waals surface area contributed by atoms with Crippen molar-refractivity contribution in [2.75, 3.05) is 13.2 Å². The Balaban J connectivity index is 1.23. The first kappa shape index (κ1) is 20.7. The van der Waals surface area contributed by atoms with Crippen molar-refractivity contribution in [2.45, 2.75) is 57.3 Å². The van der Waals surface area contributed by atoms with Gasteiger partial charge in [-0.15, -0.1) is 0 Å². The number of carbonyl (C=O) groups is 3. The number of rotatable bonds is 6. The summed E-state index contributed by atoms with van der Waals surface area (Å²) in [6, 6.07) is 5.24. The molecule has 3 aliphatic rings. The summed E-state index contributed by atoms with van der Waals surface area (Å²) < 4.78 is 6.15. The summed E-state index contributed by atoms with van der Waals surface area (Å²) >= 11 is 0. The summed E-state index contributed by atoms with van der Waals surface area (Å²) in [6.45, 7) is 2.83. The number of carbonyl (C=O) groups excluding carboxylic acids is 3. The van der Waals surface area contributed by atoms with E-state index < -0.39 is 11.9 Å². The van der Waals surface area contributed by atoms with Gasteiger partial charge in [0.15, 0.2) is 0 Å². The van der Waals surface area contributed by atoms with Gasteiger partial charge in [-0.05, 0) is 49.6 Å². The van der Waals surface area contributed by atoms with Crippen LogP contribution >= 0.6 is 0 Å². The van der Waals surface area contributed by atoms with Crippen molar-refractivity contribution in [1.29, 1.82) is 0 Å². The van der Waals surface area contributed by atoms with E-state index in [1.165, 1.54) is 18.4 Å². The van der Waals surface area contributed by atoms with Crippen LogP contribution in [0.4, 0.5) is 0 Å². The van der Waals surface area contributed by atoms with Crippen LogP contribution < -0.4 is 10.1 Å². The largest absolute Gasteiger partial charge is 0.492 e. The predicted molar refractivity (Wildman–Crippen MR) is 115 cm³/mol. The molecule has 2 aromatic rings. The molecule has 0 radical (unpaired) electrons. The van der Waals surface area contributed by atoms with Gasteiger partial charge in [-0.2, -0.15) is 5.10 Å². The third kappa shape index (κ3) is 4.12. The number of likely N-dealkylation sites (tertiary alicyclic amines) is 1. The number of benzene rings is 1. The number of nitrogens with one attached hydrogen (secondary N) is 2. The van der Waals surface area contributed by atoms with E-state index >= 15 is 0 Å². The lowest BCUT2D eigenvalue weighted by atomic mass is 10.0. The van der Waals surface area contributed by atoms with E-state index in [9.17, 15) is 14.4 Å². The van der Waals surface area contributed by atoms with Crippen molar-refractivity contribution in [3.63, 3.8) is 0 Å². The lowest BCUT2D eigenvalue weighted by Gasteiger charge is -2.35. The fourth-order valence-electron chi connectivity index (χ4n) is 4.89. The highest BCUT2D eigenvalue weighted by Gasteiger charge is 2.39. The second-order valence-electron chi connectivity index (χ2n) is 8.76. The molecule has 3 amide bonds. The Hall–Kier alpha value is -3.20. The molecular formula is C23H27N5O4. The molecule has 5 rings (SSSR count). The molecule has 2 saturated heterocycles. The minimum Gasteiger partial charge on any atom is -0.492 e. The fraction of sp³-hybridized carbons (Fsp3) is 0.478. The van der Waals surface area contributed by atoms with Crippen molar-refractivity contribution in [3.05, 3.63) is 47.3 Å². The van der Waals surface area contributed by atoms with E-state index in [0.29, 0.717) is 31.2 Å². The van der Waals surface area contributed by atoms with Gasteiger partial charge in [0.25, 0.3) is 5.91 Å². The Morgan fingerprint density at radius 2 is 2.06 bits per heavy atom. The van der Waals surface area contributed by atoms with E-state index in [1.807, 2.05) is 24.5 Å². The molecule has 2 N–H and O–H groups in total. The Morgan fingerprint density at radius 3 is 2.88 bits per heavy atom. The molecule has 1 aromatic heterocycles. The van der Waals surface area contributed by atoms with Crippen LogP contribution in [0.25, 0.3) is 0 Å². The number of ether oxygens (including phenoxy) is 1. The van der Waals surface area contributed by atoms with Gasteiger partial charge in [-0.3, -0.25) is 29.7 Å². The topological polar surface area (TPSA) is 108 Å². The minimum absolute atomic E-state index is 0.167. The average Bonchev–Trinajstić information content (AvgIpc) is 3.41. The highest BCUT2D eigenvalue weighted by Crippen LogP contribution is 2.30. The summed E-state index contributed by atoms with van der Waals surface area (Å²) in [4.78, 5) is 40.5. The third-order valence-corrected chi connectivity index (χ3v) is 6.63. The van der Waals surface area contributed by atoms with Gasteiger partial charge < -0.3 is 9.64 Å². The predicted octanol–water partition coefficient (Wildman–Crippen LogP) is 1.60. The van der Waals surface area contributed by atoms with Crippen molar-refractivity contribution in [3.8, 4) is 5.75 Å². The van der Waals surface area contributed by atoms with E-state index in [2.05, 4.69) is 20.4 Å². The Kier molecular flexibility index (Phi) is 5.65. The molecule has 1 aromatic carbocycles. The molecule has 0 saturated carbocycles. The Labute approximate surface area is 186 Å². The second-order valence-corrected chi connectivity index (χ2v) is 8.76. The van der Waals surface area contributed by atoms with Crippen LogP contribution in [0.3, 0.4) is 0 Å². The number of aromatic nitrogens is 2. The first-order valence-corrected chi connectivity index (χ1v) is 11.2. The van der Waals surface area contributed by atoms with Crippen LogP contribution in [0.15, 0.2) is 30.6 Å². The van der Waals surface area contributed by atoms with Crippen molar-refractivity contribution in [1.82, 2.24) is 25.3 Å². The monoisotopic (exact) mass is 437 g/mol. The average molecular weight is 438 g/mol. The normalized spacial score (nSPS) is 23.9. The Bertz CT molecular complexity index is 1020. The summed E-state index contributed by atoms with van der Waals surface area (Å²) in [5.74, 6) is -0.111. The van der Waals surface area contributed by atoms with Crippen molar-refractivity contribution >= 4 is 17.7 Å². The molecule has 1 unspecified atom stereocenters. The molecule has 168 valence electrons. The number of imide groups is 1. The first-order chi connectivity index (χ1) is 15.6. The van der Waals surface area contributed by atoms with Gasteiger partial charge in [-0.25, -0.2) is 0 Å². The molecule has 9 heteroatoms. The van der Waals surface area contributed by atoms with Gasteiger partial charge in [0, 0.05) is 42.9 Å². The van der Waals surface area contributed by atoms with E-state index in [4.69, 9.17) is 4.74 Å². The summed E-state index contributed by atoms with van der Waals surface area (Å²) in [5, 5.41) is 9.24. The van der Waals surface area contributed by atoms with Crippen LogP contribution in [-0.4, -0.2) is 63.0 Å². The second kappa shape index (κ2) is 8.74. The van der Waals surface area contributed by atoms with Crippen LogP contribution in [0.2, 0.25) is 0 Å². The van der Waals surface area contributed by atoms with Crippen LogP contribution in [-0.2, 0) is 22.7 Å². The number of nitrogens with zero attached hydrogens (tertiary/aromatic N) is 3. The lowest BCUT2D eigenvalue weighted by molar-refractivity contribution is -0.136. The number of amides is 3. The summed E-state index contributed by atoms with van der Waals surface area (Å²) in [7, 11) is 0. The lowest BCUT2D eigenvalue weighted by Crippen LogP contribution is -2.52. The van der Waals surface area contributed by atoms with E-state index in [1.54, 1.807) is 11.0 Å². The smallest absolute Gasteiger partial charge is 0.255 e. The van der Waals surface area contributed by atoms with E-state index in [-0.39, 0.29) is 18.2 Å². The number of H-pyrrole nitrogens is 1. The first-order valence-electron chi connectivity index (χ1n) is 11.2. The van der Waals surface area contributed by atoms with Gasteiger partial charge >= 0.3 is 0 Å². The number of aromatic amines is 1. The van der Waals surface area contributed by atoms with Gasteiger partial charge in [-0.1, -0.05) is 6.42 Å². The molecule has 0 aliphatic carbocycles. The maximum atomic E-state index is 12.8. The highest BCUT2D eigenvalue weighted by atomic mass is 16.5. The molecule has 9 nitrogen and oxygen atoms in total. The molecule has 0 bridgehead atoms. The van der Waals surface area contributed by atoms with Gasteiger partial charge in [0.05, 0.1) is 6.20 Å². The minimum atomic E-state index is -0.601. The third-order valence-electron chi connectivity index (χ3n) is 6.63.